The van der Waals surface area contributed by atoms with Gasteiger partial charge in [-0.2, -0.15) is 0 Å². The molecule has 184 valence electrons. The predicted octanol–water partition coefficient (Wildman–Crippen LogP) is 3.38. The minimum absolute atomic E-state index is 0.108. The molecule has 1 heterocycles. The topological polar surface area (TPSA) is 80.3 Å². The highest BCUT2D eigenvalue weighted by atomic mass is 16.5. The van der Waals surface area contributed by atoms with Crippen LogP contribution in [0.15, 0.2) is 42.5 Å². The highest BCUT2D eigenvalue weighted by molar-refractivity contribution is 6.05. The van der Waals surface area contributed by atoms with E-state index < -0.39 is 0 Å². The number of likely N-dealkylation sites (N-methyl/N-ethyl adjacent to an activating group) is 2. The normalized spacial score (nSPS) is 22.1. The smallest absolute Gasteiger partial charge is 0.257 e. The first kappa shape index (κ1) is 25.5. The second-order valence-electron chi connectivity index (χ2n) is 8.93. The summed E-state index contributed by atoms with van der Waals surface area (Å²) in [5.74, 6) is 0.816. The number of ether oxygens (including phenoxy) is 3. The van der Waals surface area contributed by atoms with Crippen molar-refractivity contribution in [3.63, 3.8) is 0 Å². The van der Waals surface area contributed by atoms with E-state index in [1.54, 1.807) is 68.6 Å². The van der Waals surface area contributed by atoms with Crippen LogP contribution in [0.4, 0.5) is 5.69 Å². The molecule has 3 atom stereocenters. The Hall–Kier alpha value is -3.10. The maximum absolute atomic E-state index is 13.4. The van der Waals surface area contributed by atoms with Gasteiger partial charge in [-0.3, -0.25) is 14.5 Å². The highest BCUT2D eigenvalue weighted by Gasteiger charge is 2.27. The van der Waals surface area contributed by atoms with Crippen LogP contribution in [0.3, 0.4) is 0 Å². The lowest BCUT2D eigenvalue weighted by Crippen LogP contribution is -2.45. The van der Waals surface area contributed by atoms with E-state index in [0.29, 0.717) is 41.5 Å². The first-order chi connectivity index (χ1) is 16.2. The number of rotatable bonds is 4. The molecule has 0 aliphatic carbocycles. The van der Waals surface area contributed by atoms with Crippen molar-refractivity contribution in [1.29, 1.82) is 0 Å². The fourth-order valence-corrected chi connectivity index (χ4v) is 4.00. The summed E-state index contributed by atoms with van der Waals surface area (Å²) in [4.78, 5) is 30.1. The predicted molar refractivity (Wildman–Crippen MR) is 132 cm³/mol. The maximum atomic E-state index is 13.4. The van der Waals surface area contributed by atoms with Crippen molar-refractivity contribution in [3.8, 4) is 11.5 Å². The second-order valence-corrected chi connectivity index (χ2v) is 8.93. The van der Waals surface area contributed by atoms with Gasteiger partial charge in [0.25, 0.3) is 11.8 Å². The number of nitrogens with one attached hydrogen (secondary N) is 1. The van der Waals surface area contributed by atoms with Crippen LogP contribution in [0.2, 0.25) is 0 Å². The standard InChI is InChI=1S/C26H35N3O5/c1-17-14-28(3)18(2)16-34-23-11-10-20(13-22(23)26(31)29(4)15-24(17)33-6)27-25(30)19-8-7-9-21(12-19)32-5/h7-13,17-18,24H,14-16H2,1-6H3,(H,27,30)/t17-,18-,24+/m0/s1. The number of benzene rings is 2. The molecular weight excluding hydrogens is 434 g/mol. The van der Waals surface area contributed by atoms with Gasteiger partial charge in [-0.1, -0.05) is 13.0 Å². The molecule has 2 aromatic rings. The Bertz CT molecular complexity index is 1010. The lowest BCUT2D eigenvalue weighted by molar-refractivity contribution is 0.0150. The zero-order valence-electron chi connectivity index (χ0n) is 20.8. The molecule has 8 nitrogen and oxygen atoms in total. The Balaban J connectivity index is 1.90. The summed E-state index contributed by atoms with van der Waals surface area (Å²) in [5, 5.41) is 2.87. The maximum Gasteiger partial charge on any atom is 0.257 e. The van der Waals surface area contributed by atoms with Crippen LogP contribution in [0, 0.1) is 5.92 Å². The van der Waals surface area contributed by atoms with Crippen LogP contribution < -0.4 is 14.8 Å². The summed E-state index contributed by atoms with van der Waals surface area (Å²) < 4.78 is 17.0. The molecule has 0 saturated carbocycles. The third-order valence-corrected chi connectivity index (χ3v) is 6.35. The molecule has 0 aromatic heterocycles. The van der Waals surface area contributed by atoms with Gasteiger partial charge in [-0.25, -0.2) is 0 Å². The van der Waals surface area contributed by atoms with Crippen molar-refractivity contribution < 1.29 is 23.8 Å². The van der Waals surface area contributed by atoms with Crippen molar-refractivity contribution in [2.75, 3.05) is 53.3 Å². The monoisotopic (exact) mass is 469 g/mol. The van der Waals surface area contributed by atoms with E-state index in [0.717, 1.165) is 6.54 Å². The molecule has 1 aliphatic rings. The van der Waals surface area contributed by atoms with Crippen LogP contribution in [-0.4, -0.2) is 81.8 Å². The molecule has 3 rings (SSSR count). The molecule has 0 bridgehead atoms. The molecule has 1 aliphatic heterocycles. The van der Waals surface area contributed by atoms with Crippen LogP contribution >= 0.6 is 0 Å². The number of hydrogen-bond donors (Lipinski definition) is 1. The molecule has 0 unspecified atom stereocenters. The highest BCUT2D eigenvalue weighted by Crippen LogP contribution is 2.27. The number of fused-ring (bicyclic) bond motifs is 1. The molecule has 2 aromatic carbocycles. The minimum atomic E-state index is -0.294. The summed E-state index contributed by atoms with van der Waals surface area (Å²) in [6, 6.07) is 12.2. The van der Waals surface area contributed by atoms with Crippen molar-refractivity contribution in [2.45, 2.75) is 26.0 Å². The van der Waals surface area contributed by atoms with E-state index in [4.69, 9.17) is 14.2 Å². The van der Waals surface area contributed by atoms with Gasteiger partial charge in [0.2, 0.25) is 0 Å². The fraction of sp³-hybridized carbons (Fsp3) is 0.462. The quantitative estimate of drug-likeness (QED) is 0.740. The van der Waals surface area contributed by atoms with E-state index in [1.165, 1.54) is 0 Å². The van der Waals surface area contributed by atoms with Crippen molar-refractivity contribution in [2.24, 2.45) is 5.92 Å². The molecule has 0 spiro atoms. The van der Waals surface area contributed by atoms with Crippen LogP contribution in [-0.2, 0) is 4.74 Å². The van der Waals surface area contributed by atoms with Gasteiger partial charge in [0.15, 0.2) is 0 Å². The molecule has 34 heavy (non-hydrogen) atoms. The third kappa shape index (κ3) is 6.07. The molecule has 0 radical (unpaired) electrons. The Morgan fingerprint density at radius 2 is 1.85 bits per heavy atom. The van der Waals surface area contributed by atoms with E-state index in [1.807, 2.05) is 0 Å². The molecular formula is C26H35N3O5. The number of carbonyl (C=O) groups excluding carboxylic acids is 2. The van der Waals surface area contributed by atoms with E-state index in [-0.39, 0.29) is 29.9 Å². The Kier molecular flexibility index (Phi) is 8.52. The van der Waals surface area contributed by atoms with Gasteiger partial charge in [0, 0.05) is 44.5 Å². The number of carbonyl (C=O) groups is 2. The first-order valence-corrected chi connectivity index (χ1v) is 11.4. The lowest BCUT2D eigenvalue weighted by Gasteiger charge is -2.34. The molecule has 0 fully saturated rings. The zero-order chi connectivity index (χ0) is 24.8. The summed E-state index contributed by atoms with van der Waals surface area (Å²) in [6.45, 7) is 5.92. The van der Waals surface area contributed by atoms with Gasteiger partial charge in [0.1, 0.15) is 18.1 Å². The van der Waals surface area contributed by atoms with Crippen molar-refractivity contribution >= 4 is 17.5 Å². The fourth-order valence-electron chi connectivity index (χ4n) is 4.00. The lowest BCUT2D eigenvalue weighted by atomic mass is 10.0. The van der Waals surface area contributed by atoms with Gasteiger partial charge < -0.3 is 24.4 Å². The van der Waals surface area contributed by atoms with Crippen molar-refractivity contribution in [3.05, 3.63) is 53.6 Å². The Morgan fingerprint density at radius 3 is 2.56 bits per heavy atom. The van der Waals surface area contributed by atoms with E-state index in [9.17, 15) is 9.59 Å². The van der Waals surface area contributed by atoms with Gasteiger partial charge >= 0.3 is 0 Å². The average Bonchev–Trinajstić information content (AvgIpc) is 2.84. The molecule has 1 N–H and O–H groups in total. The Morgan fingerprint density at radius 1 is 1.09 bits per heavy atom. The van der Waals surface area contributed by atoms with Gasteiger partial charge in [-0.15, -0.1) is 0 Å². The van der Waals surface area contributed by atoms with Crippen LogP contribution in [0.1, 0.15) is 34.6 Å². The van der Waals surface area contributed by atoms with Crippen LogP contribution in [0.25, 0.3) is 0 Å². The van der Waals surface area contributed by atoms with Crippen LogP contribution in [0.5, 0.6) is 11.5 Å². The first-order valence-electron chi connectivity index (χ1n) is 11.4. The number of methoxy groups -OCH3 is 2. The average molecular weight is 470 g/mol. The summed E-state index contributed by atoms with van der Waals surface area (Å²) in [7, 11) is 7.05. The summed E-state index contributed by atoms with van der Waals surface area (Å²) in [6.07, 6.45) is -0.108. The minimum Gasteiger partial charge on any atom is -0.497 e. The largest absolute Gasteiger partial charge is 0.497 e. The van der Waals surface area contributed by atoms with Gasteiger partial charge in [-0.05, 0) is 56.3 Å². The van der Waals surface area contributed by atoms with Crippen molar-refractivity contribution in [1.82, 2.24) is 9.80 Å². The second kappa shape index (κ2) is 11.4. The Labute approximate surface area is 201 Å². The van der Waals surface area contributed by atoms with E-state index >= 15 is 0 Å². The summed E-state index contributed by atoms with van der Waals surface area (Å²) >= 11 is 0. The number of anilines is 1. The van der Waals surface area contributed by atoms with E-state index in [2.05, 4.69) is 31.1 Å². The summed E-state index contributed by atoms with van der Waals surface area (Å²) in [5.41, 5.74) is 1.36. The molecule has 0 saturated heterocycles. The number of hydrogen-bond acceptors (Lipinski definition) is 6. The molecule has 2 amide bonds. The SMILES string of the molecule is COc1cccc(C(=O)Nc2ccc3c(c2)C(=O)N(C)C[C@@H](OC)[C@@H](C)CN(C)[C@@H](C)CO3)c1. The third-order valence-electron chi connectivity index (χ3n) is 6.35. The number of amides is 2. The molecule has 8 heteroatoms. The number of nitrogens with zero attached hydrogens (tertiary/aromatic N) is 2. The van der Waals surface area contributed by atoms with Gasteiger partial charge in [0.05, 0.1) is 18.8 Å². The zero-order valence-corrected chi connectivity index (χ0v) is 20.8.